The number of hydrogen-bond acceptors (Lipinski definition) is 4. The van der Waals surface area contributed by atoms with Gasteiger partial charge in [-0.1, -0.05) is 18.2 Å². The molecule has 0 saturated carbocycles. The number of rotatable bonds is 6. The Hall–Kier alpha value is -0.110. The molecule has 0 radical (unpaired) electrons. The molecule has 0 saturated heterocycles. The zero-order valence-corrected chi connectivity index (χ0v) is 16.2. The first kappa shape index (κ1) is 19.9. The van der Waals surface area contributed by atoms with Crippen molar-refractivity contribution in [1.82, 2.24) is 0 Å². The number of halogens is 1. The fourth-order valence-electron chi connectivity index (χ4n) is 1.63. The van der Waals surface area contributed by atoms with Crippen LogP contribution in [0.1, 0.15) is 20.8 Å². The van der Waals surface area contributed by atoms with Gasteiger partial charge in [0.15, 0.2) is 5.92 Å². The van der Waals surface area contributed by atoms with Crippen LogP contribution in [0.25, 0.3) is 0 Å². The molecule has 0 N–H and O–H groups in total. The zero-order valence-electron chi connectivity index (χ0n) is 13.0. The summed E-state index contributed by atoms with van der Waals surface area (Å²) in [5.41, 5.74) is 0.939. The normalized spacial score (nSPS) is 9.80. The zero-order chi connectivity index (χ0) is 14.3. The molecular formula is C14H18INaO4. The minimum atomic E-state index is -0.893. The Morgan fingerprint density at radius 1 is 1.15 bits per heavy atom. The van der Waals surface area contributed by atoms with Gasteiger partial charge < -0.3 is 10.9 Å². The van der Waals surface area contributed by atoms with Crippen LogP contribution in [-0.4, -0.2) is 25.2 Å². The second-order valence-electron chi connectivity index (χ2n) is 3.85. The molecule has 0 aromatic heterocycles. The molecule has 20 heavy (non-hydrogen) atoms. The molecule has 0 heterocycles. The van der Waals surface area contributed by atoms with E-state index in [0.29, 0.717) is 6.42 Å². The molecule has 0 fully saturated rings. The Labute approximate surface area is 156 Å². The van der Waals surface area contributed by atoms with Crippen LogP contribution in [0.3, 0.4) is 0 Å². The fraction of sp³-hybridized carbons (Fsp3) is 0.429. The average molecular weight is 400 g/mol. The van der Waals surface area contributed by atoms with E-state index >= 15 is 0 Å². The summed E-state index contributed by atoms with van der Waals surface area (Å²) >= 11 is 2.18. The van der Waals surface area contributed by atoms with Gasteiger partial charge in [0.25, 0.3) is 0 Å². The van der Waals surface area contributed by atoms with E-state index in [1.807, 2.05) is 24.3 Å². The molecule has 4 nitrogen and oxygen atoms in total. The first-order valence-electron chi connectivity index (χ1n) is 6.16. The molecule has 1 rings (SSSR count). The minimum Gasteiger partial charge on any atom is -1.00 e. The van der Waals surface area contributed by atoms with Gasteiger partial charge in [0, 0.05) is 3.57 Å². The van der Waals surface area contributed by atoms with Gasteiger partial charge >= 0.3 is 41.5 Å². The summed E-state index contributed by atoms with van der Waals surface area (Å²) in [6.07, 6.45) is 0.302. The smallest absolute Gasteiger partial charge is 1.00 e. The SMILES string of the molecule is CCOC(=O)C(Cc1ccccc1I)C(=O)OCC.[H-].[Na+]. The van der Waals surface area contributed by atoms with Gasteiger partial charge in [-0.05, 0) is 54.5 Å². The van der Waals surface area contributed by atoms with Crippen LogP contribution >= 0.6 is 22.6 Å². The number of benzene rings is 1. The summed E-state index contributed by atoms with van der Waals surface area (Å²) < 4.78 is 10.9. The van der Waals surface area contributed by atoms with Crippen molar-refractivity contribution in [2.45, 2.75) is 20.3 Å². The summed E-state index contributed by atoms with van der Waals surface area (Å²) in [6, 6.07) is 7.62. The van der Waals surface area contributed by atoms with Crippen LogP contribution in [0.4, 0.5) is 0 Å². The standard InChI is InChI=1S/C14H17IO4.Na.H/c1-3-18-13(16)11(14(17)19-4-2)9-10-7-5-6-8-12(10)15;;/h5-8,11H,3-4,9H2,1-2H3;;/q;+1;-1. The molecule has 0 amide bonds. The summed E-state index contributed by atoms with van der Waals surface area (Å²) in [4.78, 5) is 23.7. The van der Waals surface area contributed by atoms with E-state index < -0.39 is 17.9 Å². The van der Waals surface area contributed by atoms with Crippen LogP contribution in [0.2, 0.25) is 0 Å². The van der Waals surface area contributed by atoms with Crippen molar-refractivity contribution in [3.05, 3.63) is 33.4 Å². The van der Waals surface area contributed by atoms with Gasteiger partial charge in [-0.15, -0.1) is 0 Å². The van der Waals surface area contributed by atoms with Crippen LogP contribution in [0.5, 0.6) is 0 Å². The van der Waals surface area contributed by atoms with E-state index in [1.54, 1.807) is 13.8 Å². The van der Waals surface area contributed by atoms with E-state index in [9.17, 15) is 9.59 Å². The van der Waals surface area contributed by atoms with Crippen molar-refractivity contribution < 1.29 is 50.0 Å². The molecule has 106 valence electrons. The van der Waals surface area contributed by atoms with Crippen LogP contribution in [0.15, 0.2) is 24.3 Å². The summed E-state index contributed by atoms with van der Waals surface area (Å²) in [6.45, 7) is 3.93. The number of ether oxygens (including phenoxy) is 2. The molecule has 0 aliphatic rings. The molecule has 0 aliphatic carbocycles. The van der Waals surface area contributed by atoms with E-state index in [1.165, 1.54) is 0 Å². The Balaban J connectivity index is 0. The molecule has 6 heteroatoms. The molecule has 1 aromatic rings. The molecule has 1 aromatic carbocycles. The number of hydrogen-bond donors (Lipinski definition) is 0. The maximum absolute atomic E-state index is 11.8. The maximum Gasteiger partial charge on any atom is 1.00 e. The maximum atomic E-state index is 11.8. The molecular weight excluding hydrogens is 382 g/mol. The van der Waals surface area contributed by atoms with Gasteiger partial charge in [0.1, 0.15) is 0 Å². The van der Waals surface area contributed by atoms with E-state index in [-0.39, 0.29) is 44.2 Å². The molecule has 0 spiro atoms. The van der Waals surface area contributed by atoms with Crippen molar-refractivity contribution in [2.75, 3.05) is 13.2 Å². The predicted molar refractivity (Wildman–Crippen MR) is 80.7 cm³/mol. The number of carbonyl (C=O) groups excluding carboxylic acids is 2. The fourth-order valence-corrected chi connectivity index (χ4v) is 2.24. The van der Waals surface area contributed by atoms with Crippen LogP contribution in [0, 0.1) is 9.49 Å². The number of esters is 2. The van der Waals surface area contributed by atoms with Crippen molar-refractivity contribution >= 4 is 34.5 Å². The van der Waals surface area contributed by atoms with E-state index in [4.69, 9.17) is 9.47 Å². The summed E-state index contributed by atoms with van der Waals surface area (Å²) in [5, 5.41) is 0. The largest absolute Gasteiger partial charge is 1.00 e. The molecule has 0 aliphatic heterocycles. The molecule has 0 bridgehead atoms. The third-order valence-corrected chi connectivity index (χ3v) is 3.58. The monoisotopic (exact) mass is 400 g/mol. The average Bonchev–Trinajstić information content (AvgIpc) is 2.38. The topological polar surface area (TPSA) is 52.6 Å². The first-order valence-corrected chi connectivity index (χ1v) is 7.24. The quantitative estimate of drug-likeness (QED) is 0.285. The Bertz CT molecular complexity index is 438. The summed E-state index contributed by atoms with van der Waals surface area (Å²) in [5.74, 6) is -1.95. The Kier molecular flexibility index (Phi) is 10.5. The van der Waals surface area contributed by atoms with Crippen LogP contribution in [-0.2, 0) is 25.5 Å². The van der Waals surface area contributed by atoms with Gasteiger partial charge in [-0.3, -0.25) is 9.59 Å². The molecule has 0 atom stereocenters. The number of carbonyl (C=O) groups is 2. The Morgan fingerprint density at radius 2 is 1.65 bits per heavy atom. The molecule has 0 unspecified atom stereocenters. The summed E-state index contributed by atoms with van der Waals surface area (Å²) in [7, 11) is 0. The minimum absolute atomic E-state index is 0. The second kappa shape index (κ2) is 10.6. The predicted octanol–water partition coefficient (Wildman–Crippen LogP) is -0.307. The van der Waals surface area contributed by atoms with Gasteiger partial charge in [0.05, 0.1) is 13.2 Å². The van der Waals surface area contributed by atoms with Crippen molar-refractivity contribution in [2.24, 2.45) is 5.92 Å². The van der Waals surface area contributed by atoms with Gasteiger partial charge in [-0.2, -0.15) is 0 Å². The van der Waals surface area contributed by atoms with Crippen LogP contribution < -0.4 is 29.6 Å². The van der Waals surface area contributed by atoms with Crippen molar-refractivity contribution in [3.8, 4) is 0 Å². The first-order chi connectivity index (χ1) is 9.10. The Morgan fingerprint density at radius 3 is 2.10 bits per heavy atom. The van der Waals surface area contributed by atoms with Gasteiger partial charge in [0.2, 0.25) is 0 Å². The van der Waals surface area contributed by atoms with E-state index in [2.05, 4.69) is 22.6 Å². The second-order valence-corrected chi connectivity index (χ2v) is 5.01. The van der Waals surface area contributed by atoms with Crippen molar-refractivity contribution in [3.63, 3.8) is 0 Å². The van der Waals surface area contributed by atoms with Gasteiger partial charge in [-0.25, -0.2) is 0 Å². The van der Waals surface area contributed by atoms with E-state index in [0.717, 1.165) is 9.13 Å². The third kappa shape index (κ3) is 6.11. The third-order valence-electron chi connectivity index (χ3n) is 2.52. The van der Waals surface area contributed by atoms with Crippen molar-refractivity contribution in [1.29, 1.82) is 0 Å².